The molecule has 0 saturated heterocycles. The Labute approximate surface area is 228 Å². The number of aromatic nitrogens is 2. The summed E-state index contributed by atoms with van der Waals surface area (Å²) in [5.74, 6) is 0.594. The third-order valence-corrected chi connectivity index (χ3v) is 6.19. The Kier molecular flexibility index (Phi) is 7.80. The molecule has 1 aromatic heterocycles. The Morgan fingerprint density at radius 3 is 2.57 bits per heavy atom. The lowest BCUT2D eigenvalue weighted by Crippen LogP contribution is -2.29. The Bertz CT molecular complexity index is 1560. The van der Waals surface area contributed by atoms with E-state index in [-0.39, 0.29) is 18.1 Å². The minimum absolute atomic E-state index is 0.213. The Morgan fingerprint density at radius 2 is 1.86 bits per heavy atom. The first kappa shape index (κ1) is 26.6. The van der Waals surface area contributed by atoms with Gasteiger partial charge >= 0.3 is 0 Å². The normalized spacial score (nSPS) is 11.7. The zero-order chi connectivity index (χ0) is 26.7. The van der Waals surface area contributed by atoms with Crippen molar-refractivity contribution in [1.29, 1.82) is 0 Å². The number of benzene rings is 3. The molecule has 0 aliphatic rings. The van der Waals surface area contributed by atoms with Gasteiger partial charge in [-0.3, -0.25) is 9.59 Å². The van der Waals surface area contributed by atoms with Gasteiger partial charge in [0, 0.05) is 26.2 Å². The molecule has 0 fully saturated rings. The maximum absolute atomic E-state index is 13.4. The molecule has 0 saturated carbocycles. The summed E-state index contributed by atoms with van der Waals surface area (Å²) in [7, 11) is 0. The van der Waals surface area contributed by atoms with Crippen LogP contribution in [0.3, 0.4) is 0 Å². The number of ether oxygens (including phenoxy) is 1. The molecule has 1 heterocycles. The van der Waals surface area contributed by atoms with Crippen molar-refractivity contribution < 1.29 is 9.53 Å². The largest absolute Gasteiger partial charge is 0.483 e. The van der Waals surface area contributed by atoms with Gasteiger partial charge in [0.25, 0.3) is 11.5 Å². The van der Waals surface area contributed by atoms with Crippen LogP contribution in [0.4, 0.5) is 5.69 Å². The lowest BCUT2D eigenvalue weighted by Gasteiger charge is -2.21. The highest BCUT2D eigenvalue weighted by atomic mass is 79.9. The van der Waals surface area contributed by atoms with Crippen LogP contribution in [-0.2, 0) is 10.2 Å². The number of hydrogen-bond acceptors (Lipinski definition) is 5. The highest BCUT2D eigenvalue weighted by Crippen LogP contribution is 2.24. The van der Waals surface area contributed by atoms with E-state index >= 15 is 0 Å². The first-order valence-electron chi connectivity index (χ1n) is 11.6. The second kappa shape index (κ2) is 10.9. The van der Waals surface area contributed by atoms with Crippen LogP contribution in [0.1, 0.15) is 37.7 Å². The third-order valence-electron chi connectivity index (χ3n) is 5.46. The number of aryl methyl sites for hydroxylation is 1. The molecule has 1 N–H and O–H groups in total. The second-order valence-corrected chi connectivity index (χ2v) is 10.9. The van der Waals surface area contributed by atoms with E-state index in [9.17, 15) is 9.59 Å². The van der Waals surface area contributed by atoms with Crippen LogP contribution in [0.2, 0.25) is 5.02 Å². The summed E-state index contributed by atoms with van der Waals surface area (Å²) in [6.07, 6.45) is 1.49. The number of hydrogen-bond donors (Lipinski definition) is 1. The number of rotatable bonds is 6. The molecule has 0 bridgehead atoms. The van der Waals surface area contributed by atoms with E-state index < -0.39 is 5.41 Å². The van der Waals surface area contributed by atoms with Gasteiger partial charge in [-0.25, -0.2) is 4.98 Å². The van der Waals surface area contributed by atoms with Crippen molar-refractivity contribution in [2.75, 3.05) is 11.9 Å². The number of fused-ring (bicyclic) bond motifs is 1. The molecular weight excluding hydrogens is 556 g/mol. The number of carbonyl (C=O) groups is 1. The average molecular weight is 582 g/mol. The Morgan fingerprint density at radius 1 is 1.14 bits per heavy atom. The maximum Gasteiger partial charge on any atom is 0.282 e. The third kappa shape index (κ3) is 6.45. The first-order valence-corrected chi connectivity index (χ1v) is 12.7. The van der Waals surface area contributed by atoms with Crippen molar-refractivity contribution in [3.8, 4) is 5.75 Å². The van der Waals surface area contributed by atoms with Gasteiger partial charge in [-0.05, 0) is 55.5 Å². The van der Waals surface area contributed by atoms with Gasteiger partial charge in [0.2, 0.25) is 0 Å². The van der Waals surface area contributed by atoms with Crippen molar-refractivity contribution in [2.45, 2.75) is 33.1 Å². The lowest BCUT2D eigenvalue weighted by molar-refractivity contribution is -0.118. The number of halogens is 2. The topological polar surface area (TPSA) is 85.6 Å². The molecule has 1 amide bonds. The molecule has 0 atom stereocenters. The quantitative estimate of drug-likeness (QED) is 0.270. The average Bonchev–Trinajstić information content (AvgIpc) is 2.84. The summed E-state index contributed by atoms with van der Waals surface area (Å²) >= 11 is 9.65. The van der Waals surface area contributed by atoms with E-state index in [4.69, 9.17) is 21.3 Å². The van der Waals surface area contributed by atoms with Crippen molar-refractivity contribution in [2.24, 2.45) is 5.10 Å². The van der Waals surface area contributed by atoms with Gasteiger partial charge in [-0.2, -0.15) is 9.78 Å². The van der Waals surface area contributed by atoms with Gasteiger partial charge in [-0.1, -0.05) is 66.0 Å². The second-order valence-electron chi connectivity index (χ2n) is 9.59. The highest BCUT2D eigenvalue weighted by Gasteiger charge is 2.23. The molecule has 4 aromatic rings. The fraction of sp³-hybridized carbons (Fsp3) is 0.214. The van der Waals surface area contributed by atoms with E-state index in [0.717, 1.165) is 10.0 Å². The SMILES string of the molecule is Cc1ccc(NC(=O)COc2ccc(Cl)cc2C=Nn2c(C(C)(C)C)nc3ccc(Br)cc3c2=O)cc1. The Balaban J connectivity index is 1.64. The molecule has 3 aromatic carbocycles. The summed E-state index contributed by atoms with van der Waals surface area (Å²) in [5, 5.41) is 8.19. The van der Waals surface area contributed by atoms with Crippen molar-refractivity contribution in [3.63, 3.8) is 0 Å². The van der Waals surface area contributed by atoms with Crippen LogP contribution >= 0.6 is 27.5 Å². The smallest absolute Gasteiger partial charge is 0.282 e. The number of nitrogens with one attached hydrogen (secondary N) is 1. The lowest BCUT2D eigenvalue weighted by atomic mass is 9.95. The minimum Gasteiger partial charge on any atom is -0.483 e. The van der Waals surface area contributed by atoms with Gasteiger partial charge in [0.15, 0.2) is 6.61 Å². The standard InChI is InChI=1S/C28H26BrClN4O3/c1-17-5-9-21(10-6-17)32-25(35)16-37-24-12-8-20(30)13-18(24)15-31-34-26(36)22-14-19(29)7-11-23(22)33-27(34)28(2,3)4/h5-15H,16H2,1-4H3,(H,32,35). The van der Waals surface area contributed by atoms with Crippen molar-refractivity contribution in [3.05, 3.63) is 97.5 Å². The summed E-state index contributed by atoms with van der Waals surface area (Å²) in [6, 6.07) is 17.8. The van der Waals surface area contributed by atoms with Crippen molar-refractivity contribution in [1.82, 2.24) is 9.66 Å². The molecule has 0 spiro atoms. The molecule has 0 unspecified atom stereocenters. The van der Waals surface area contributed by atoms with Gasteiger partial charge in [-0.15, -0.1) is 0 Å². The molecule has 0 aliphatic carbocycles. The molecule has 190 valence electrons. The monoisotopic (exact) mass is 580 g/mol. The fourth-order valence-electron chi connectivity index (χ4n) is 3.59. The summed E-state index contributed by atoms with van der Waals surface area (Å²) in [4.78, 5) is 30.6. The van der Waals surface area contributed by atoms with E-state index in [1.807, 2.05) is 58.0 Å². The predicted molar refractivity (Wildman–Crippen MR) is 152 cm³/mol. The molecule has 9 heteroatoms. The summed E-state index contributed by atoms with van der Waals surface area (Å²) in [5.41, 5.74) is 2.13. The van der Waals surface area contributed by atoms with E-state index in [2.05, 4.69) is 26.3 Å². The fourth-order valence-corrected chi connectivity index (χ4v) is 4.13. The van der Waals surface area contributed by atoms with Gasteiger partial charge in [0.1, 0.15) is 11.6 Å². The van der Waals surface area contributed by atoms with Gasteiger partial charge in [0.05, 0.1) is 17.1 Å². The molecule has 0 radical (unpaired) electrons. The Hall–Kier alpha value is -3.49. The van der Waals surface area contributed by atoms with E-state index in [1.54, 1.807) is 30.3 Å². The molecule has 4 rings (SSSR count). The van der Waals surface area contributed by atoms with Crippen molar-refractivity contribution >= 4 is 56.2 Å². The van der Waals surface area contributed by atoms with Crippen LogP contribution in [0.5, 0.6) is 5.75 Å². The van der Waals surface area contributed by atoms with Crippen LogP contribution in [0.15, 0.2) is 75.0 Å². The molecule has 0 aliphatic heterocycles. The molecular formula is C28H26BrClN4O3. The van der Waals surface area contributed by atoms with Crippen LogP contribution in [-0.4, -0.2) is 28.4 Å². The predicted octanol–water partition coefficient (Wildman–Crippen LogP) is 6.32. The van der Waals surface area contributed by atoms with Gasteiger partial charge < -0.3 is 10.1 Å². The van der Waals surface area contributed by atoms with Crippen LogP contribution in [0.25, 0.3) is 10.9 Å². The van der Waals surface area contributed by atoms with E-state index in [0.29, 0.717) is 38.8 Å². The summed E-state index contributed by atoms with van der Waals surface area (Å²) in [6.45, 7) is 7.66. The minimum atomic E-state index is -0.459. The van der Waals surface area contributed by atoms with Crippen LogP contribution < -0.4 is 15.6 Å². The highest BCUT2D eigenvalue weighted by molar-refractivity contribution is 9.10. The zero-order valence-corrected chi connectivity index (χ0v) is 23.2. The maximum atomic E-state index is 13.4. The number of nitrogens with zero attached hydrogens (tertiary/aromatic N) is 3. The number of carbonyl (C=O) groups excluding carboxylic acids is 1. The van der Waals surface area contributed by atoms with E-state index in [1.165, 1.54) is 10.9 Å². The van der Waals surface area contributed by atoms with Crippen LogP contribution in [0, 0.1) is 6.92 Å². The molecule has 7 nitrogen and oxygen atoms in total. The summed E-state index contributed by atoms with van der Waals surface area (Å²) < 4.78 is 7.85. The first-order chi connectivity index (χ1) is 17.5. The number of anilines is 1. The zero-order valence-electron chi connectivity index (χ0n) is 20.9. The molecule has 37 heavy (non-hydrogen) atoms. The number of amides is 1.